The molecule has 5 rings (SSSR count). The van der Waals surface area contributed by atoms with Gasteiger partial charge in [0.15, 0.2) is 5.69 Å². The van der Waals surface area contributed by atoms with Crippen LogP contribution < -0.4 is 5.73 Å². The maximum absolute atomic E-state index is 13.6. The lowest BCUT2D eigenvalue weighted by molar-refractivity contribution is -0.141. The van der Waals surface area contributed by atoms with Crippen LogP contribution in [0.1, 0.15) is 45.8 Å². The van der Waals surface area contributed by atoms with Gasteiger partial charge in [0.2, 0.25) is 0 Å². The van der Waals surface area contributed by atoms with E-state index < -0.39 is 42.6 Å². The second-order valence-corrected chi connectivity index (χ2v) is 8.29. The van der Waals surface area contributed by atoms with E-state index in [9.17, 15) is 26.7 Å². The van der Waals surface area contributed by atoms with Gasteiger partial charge >= 0.3 is 6.18 Å². The van der Waals surface area contributed by atoms with Crippen LogP contribution in [0.2, 0.25) is 0 Å². The number of halogens is 5. The average Bonchev–Trinajstić information content (AvgIpc) is 3.26. The first-order valence-corrected chi connectivity index (χ1v) is 10.3. The van der Waals surface area contributed by atoms with Crippen molar-refractivity contribution in [3.63, 3.8) is 0 Å². The number of ether oxygens (including phenoxy) is 1. The Hall–Kier alpha value is -3.48. The minimum atomic E-state index is -4.67. The fourth-order valence-corrected chi connectivity index (χ4v) is 4.13. The Kier molecular flexibility index (Phi) is 5.11. The van der Waals surface area contributed by atoms with Gasteiger partial charge in [-0.05, 0) is 23.8 Å². The molecule has 13 heteroatoms. The summed E-state index contributed by atoms with van der Waals surface area (Å²) in [5.74, 6) is -3.28. The van der Waals surface area contributed by atoms with Crippen molar-refractivity contribution in [3.8, 4) is 0 Å². The molecule has 0 bridgehead atoms. The summed E-state index contributed by atoms with van der Waals surface area (Å²) in [6.45, 7) is 0.257. The van der Waals surface area contributed by atoms with Gasteiger partial charge in [-0.25, -0.2) is 18.7 Å². The van der Waals surface area contributed by atoms with Gasteiger partial charge in [-0.1, -0.05) is 0 Å². The third-order valence-corrected chi connectivity index (χ3v) is 5.95. The molecular formula is C21H17F5N6O2. The lowest BCUT2D eigenvalue weighted by Crippen LogP contribution is -2.52. The Morgan fingerprint density at radius 3 is 2.56 bits per heavy atom. The van der Waals surface area contributed by atoms with E-state index in [2.05, 4.69) is 20.2 Å². The van der Waals surface area contributed by atoms with Gasteiger partial charge in [0.1, 0.15) is 11.5 Å². The number of rotatable bonds is 4. The Morgan fingerprint density at radius 1 is 1.18 bits per heavy atom. The summed E-state index contributed by atoms with van der Waals surface area (Å²) >= 11 is 0. The van der Waals surface area contributed by atoms with E-state index in [-0.39, 0.29) is 31.1 Å². The predicted octanol–water partition coefficient (Wildman–Crippen LogP) is 3.49. The van der Waals surface area contributed by atoms with Gasteiger partial charge in [-0.15, -0.1) is 5.10 Å². The zero-order chi connectivity index (χ0) is 24.3. The molecule has 3 aromatic heterocycles. The number of fused-ring (bicyclic) bond motifs is 3. The second kappa shape index (κ2) is 7.79. The number of aromatic nitrogens is 4. The summed E-state index contributed by atoms with van der Waals surface area (Å²) in [4.78, 5) is 22.9. The highest BCUT2D eigenvalue weighted by Crippen LogP contribution is 2.41. The molecule has 0 radical (unpaired) electrons. The molecule has 1 saturated carbocycles. The Bertz CT molecular complexity index is 1270. The van der Waals surface area contributed by atoms with Crippen molar-refractivity contribution in [2.45, 2.75) is 50.7 Å². The van der Waals surface area contributed by atoms with Crippen molar-refractivity contribution in [3.05, 3.63) is 52.6 Å². The quantitative estimate of drug-likeness (QED) is 0.570. The first kappa shape index (κ1) is 22.3. The van der Waals surface area contributed by atoms with Gasteiger partial charge < -0.3 is 15.4 Å². The van der Waals surface area contributed by atoms with Crippen LogP contribution in [0, 0.1) is 0 Å². The number of alkyl halides is 5. The number of hydrogen-bond donors (Lipinski definition) is 1. The summed E-state index contributed by atoms with van der Waals surface area (Å²) in [7, 11) is 0. The molecule has 1 amide bonds. The summed E-state index contributed by atoms with van der Waals surface area (Å²) in [5, 5.41) is 7.28. The van der Waals surface area contributed by atoms with Gasteiger partial charge in [0.05, 0.1) is 37.2 Å². The third-order valence-electron chi connectivity index (χ3n) is 5.95. The van der Waals surface area contributed by atoms with Crippen LogP contribution in [0.25, 0.3) is 10.9 Å². The number of anilines is 1. The SMILES string of the molecule is Nc1nc2cnc(C(=O)N(Cc3ccc(C(F)(F)F)nn3)C3CC(F)(F)C3)cc2c2c1COC2. The molecule has 0 unspecified atom stereocenters. The highest BCUT2D eigenvalue weighted by atomic mass is 19.4. The third kappa shape index (κ3) is 4.00. The monoisotopic (exact) mass is 480 g/mol. The molecule has 3 aromatic rings. The molecule has 8 nitrogen and oxygen atoms in total. The molecule has 1 aliphatic heterocycles. The van der Waals surface area contributed by atoms with Crippen molar-refractivity contribution >= 4 is 22.6 Å². The van der Waals surface area contributed by atoms with E-state index in [0.717, 1.165) is 22.6 Å². The minimum Gasteiger partial charge on any atom is -0.383 e. The molecule has 1 fully saturated rings. The lowest BCUT2D eigenvalue weighted by Gasteiger charge is -2.42. The van der Waals surface area contributed by atoms with Crippen LogP contribution in [0.15, 0.2) is 24.4 Å². The zero-order valence-corrected chi connectivity index (χ0v) is 17.4. The summed E-state index contributed by atoms with van der Waals surface area (Å²) in [5.41, 5.74) is 6.70. The molecule has 34 heavy (non-hydrogen) atoms. The standard InChI is InChI=1S/C21H17F5N6O2/c22-20(23)4-11(5-20)32(7-10-1-2-17(31-30-10)21(24,25)26)19(33)15-3-12-13-8-34-9-14(13)18(27)29-16(12)6-28-15/h1-3,6,11H,4-5,7-9H2,(H2,27,29). The summed E-state index contributed by atoms with van der Waals surface area (Å²) in [6, 6.07) is 2.47. The van der Waals surface area contributed by atoms with Crippen LogP contribution in [-0.2, 0) is 30.7 Å². The molecule has 4 heterocycles. The number of pyridine rings is 2. The zero-order valence-electron chi connectivity index (χ0n) is 17.4. The number of nitrogen functional groups attached to an aromatic ring is 1. The number of nitrogens with zero attached hydrogens (tertiary/aromatic N) is 5. The topological polar surface area (TPSA) is 107 Å². The van der Waals surface area contributed by atoms with Gasteiger partial charge in [0, 0.05) is 29.8 Å². The van der Waals surface area contributed by atoms with E-state index in [4.69, 9.17) is 10.5 Å². The van der Waals surface area contributed by atoms with Crippen molar-refractivity contribution in [1.29, 1.82) is 0 Å². The molecule has 2 aliphatic rings. The highest BCUT2D eigenvalue weighted by Gasteiger charge is 2.49. The molecule has 0 saturated heterocycles. The van der Waals surface area contributed by atoms with Crippen molar-refractivity contribution in [1.82, 2.24) is 25.1 Å². The van der Waals surface area contributed by atoms with Gasteiger partial charge in [-0.3, -0.25) is 4.79 Å². The van der Waals surface area contributed by atoms with Gasteiger partial charge in [0.25, 0.3) is 11.8 Å². The van der Waals surface area contributed by atoms with Crippen molar-refractivity contribution in [2.75, 3.05) is 5.73 Å². The van der Waals surface area contributed by atoms with E-state index in [1.807, 2.05) is 0 Å². The lowest BCUT2D eigenvalue weighted by atomic mass is 9.86. The number of amides is 1. The van der Waals surface area contributed by atoms with Crippen LogP contribution in [0.5, 0.6) is 0 Å². The van der Waals surface area contributed by atoms with Crippen molar-refractivity contribution in [2.24, 2.45) is 0 Å². The number of carbonyl (C=O) groups excluding carboxylic acids is 1. The van der Waals surface area contributed by atoms with Gasteiger partial charge in [-0.2, -0.15) is 18.3 Å². The minimum absolute atomic E-state index is 0.0248. The van der Waals surface area contributed by atoms with Crippen LogP contribution >= 0.6 is 0 Å². The fraction of sp³-hybridized carbons (Fsp3) is 0.381. The molecule has 0 atom stereocenters. The van der Waals surface area contributed by atoms with Crippen LogP contribution in [0.4, 0.5) is 27.8 Å². The summed E-state index contributed by atoms with van der Waals surface area (Å²) in [6.07, 6.45) is -4.44. The smallest absolute Gasteiger partial charge is 0.383 e. The van der Waals surface area contributed by atoms with E-state index in [1.54, 1.807) is 0 Å². The largest absolute Gasteiger partial charge is 0.435 e. The average molecular weight is 480 g/mol. The normalized spacial score (nSPS) is 17.4. The first-order chi connectivity index (χ1) is 16.0. The number of nitrogens with two attached hydrogens (primary N) is 1. The Morgan fingerprint density at radius 2 is 1.91 bits per heavy atom. The maximum Gasteiger partial charge on any atom is 0.435 e. The fourth-order valence-electron chi connectivity index (χ4n) is 4.13. The molecule has 0 spiro atoms. The number of carbonyl (C=O) groups is 1. The van der Waals surface area contributed by atoms with Crippen LogP contribution in [0.3, 0.4) is 0 Å². The molecule has 178 valence electrons. The Labute approximate surface area is 188 Å². The second-order valence-electron chi connectivity index (χ2n) is 8.29. The molecule has 0 aromatic carbocycles. The van der Waals surface area contributed by atoms with E-state index in [0.29, 0.717) is 22.3 Å². The van der Waals surface area contributed by atoms with E-state index >= 15 is 0 Å². The molecular weight excluding hydrogens is 463 g/mol. The first-order valence-electron chi connectivity index (χ1n) is 10.3. The molecule has 1 aliphatic carbocycles. The predicted molar refractivity (Wildman–Crippen MR) is 107 cm³/mol. The Balaban J connectivity index is 1.47. The number of hydrogen-bond acceptors (Lipinski definition) is 7. The van der Waals surface area contributed by atoms with Crippen molar-refractivity contribution < 1.29 is 31.5 Å². The van der Waals surface area contributed by atoms with E-state index in [1.165, 1.54) is 12.3 Å². The molecule has 2 N–H and O–H groups in total. The van der Waals surface area contributed by atoms with Crippen LogP contribution in [-0.4, -0.2) is 42.9 Å². The maximum atomic E-state index is 13.6. The summed E-state index contributed by atoms with van der Waals surface area (Å²) < 4.78 is 71.0. The highest BCUT2D eigenvalue weighted by molar-refractivity contribution is 5.97.